The van der Waals surface area contributed by atoms with Crippen LogP contribution in [0.25, 0.3) is 11.1 Å². The Bertz CT molecular complexity index is 1300. The highest BCUT2D eigenvalue weighted by molar-refractivity contribution is 5.89. The maximum absolute atomic E-state index is 14.0. The molecule has 0 unspecified atom stereocenters. The molecule has 3 aromatic rings. The van der Waals surface area contributed by atoms with E-state index in [-0.39, 0.29) is 5.89 Å². The van der Waals surface area contributed by atoms with Gasteiger partial charge in [-0.15, -0.1) is 0 Å². The third-order valence-corrected chi connectivity index (χ3v) is 6.17. The van der Waals surface area contributed by atoms with Gasteiger partial charge in [-0.3, -0.25) is 4.90 Å². The lowest BCUT2D eigenvalue weighted by Crippen LogP contribution is -2.38. The number of unbranched alkanes of at least 4 members (excludes halogenated alkanes) is 2. The zero-order chi connectivity index (χ0) is 28.8. The number of ether oxygens (including phenoxy) is 1. The van der Waals surface area contributed by atoms with Crippen LogP contribution in [0.5, 0.6) is 0 Å². The van der Waals surface area contributed by atoms with E-state index < -0.39 is 23.0 Å². The molecule has 0 atom stereocenters. The Labute approximate surface area is 229 Å². The molecule has 1 N–H and O–H groups in total. The molecule has 0 spiro atoms. The van der Waals surface area contributed by atoms with E-state index in [2.05, 4.69) is 10.1 Å². The molecule has 1 aromatic heterocycles. The van der Waals surface area contributed by atoms with E-state index in [1.54, 1.807) is 27.7 Å². The number of benzene rings is 2. The molecule has 8 nitrogen and oxygen atoms in total. The van der Waals surface area contributed by atoms with E-state index in [0.29, 0.717) is 30.9 Å². The van der Waals surface area contributed by atoms with Crippen LogP contribution in [0.2, 0.25) is 0 Å². The number of hydrogen-bond donors (Lipinski definition) is 1. The number of hydrogen-bond acceptors (Lipinski definition) is 7. The van der Waals surface area contributed by atoms with Crippen LogP contribution in [0.3, 0.4) is 0 Å². The van der Waals surface area contributed by atoms with Gasteiger partial charge in [-0.25, -0.2) is 9.18 Å². The van der Waals surface area contributed by atoms with E-state index in [9.17, 15) is 19.6 Å². The van der Waals surface area contributed by atoms with Crippen molar-refractivity contribution < 1.29 is 23.6 Å². The predicted octanol–water partition coefficient (Wildman–Crippen LogP) is 6.83. The number of carbonyl (C=O) groups is 1. The molecular formula is C30H37FN4O4. The molecule has 1 amide bonds. The number of aryl methyl sites for hydroxylation is 1. The number of rotatable bonds is 11. The van der Waals surface area contributed by atoms with E-state index in [0.717, 1.165) is 29.5 Å². The molecule has 39 heavy (non-hydrogen) atoms. The normalized spacial score (nSPS) is 12.2. The summed E-state index contributed by atoms with van der Waals surface area (Å²) in [5, 5.41) is 23.5. The minimum atomic E-state index is -1.69. The standard InChI is InChI=1S/C30H37FN4O4/c1-28(2,20-32)38-27(36)35(18-9-7-8-13-25-33-26(39-34-25)29(3,4)31)24-12-10-11-22(19-24)21-14-16-23(17-15-21)30(5,6)37/h10-12,14-17,19,37H,7-9,13,18H2,1-6H3. The van der Waals surface area contributed by atoms with Crippen molar-refractivity contribution >= 4 is 11.8 Å². The number of nitriles is 1. The fourth-order valence-electron chi connectivity index (χ4n) is 3.87. The van der Waals surface area contributed by atoms with Crippen LogP contribution in [0.15, 0.2) is 53.1 Å². The van der Waals surface area contributed by atoms with Crippen molar-refractivity contribution in [2.45, 2.75) is 84.1 Å². The molecule has 0 fully saturated rings. The van der Waals surface area contributed by atoms with Gasteiger partial charge < -0.3 is 14.4 Å². The van der Waals surface area contributed by atoms with Crippen LogP contribution in [0.1, 0.15) is 78.1 Å². The highest BCUT2D eigenvalue weighted by Crippen LogP contribution is 2.29. The largest absolute Gasteiger partial charge is 0.428 e. The van der Waals surface area contributed by atoms with Crippen molar-refractivity contribution in [3.63, 3.8) is 0 Å². The van der Waals surface area contributed by atoms with Crippen LogP contribution in [0, 0.1) is 11.3 Å². The second kappa shape index (κ2) is 12.0. The average Bonchev–Trinajstić information content (AvgIpc) is 3.35. The quantitative estimate of drug-likeness (QED) is 0.267. The molecule has 9 heteroatoms. The van der Waals surface area contributed by atoms with Gasteiger partial charge in [0.05, 0.1) is 5.60 Å². The van der Waals surface area contributed by atoms with Crippen LogP contribution < -0.4 is 4.90 Å². The second-order valence-corrected chi connectivity index (χ2v) is 11.1. The summed E-state index contributed by atoms with van der Waals surface area (Å²) in [6.45, 7) is 9.66. The molecule has 2 aromatic carbocycles. The molecule has 208 valence electrons. The molecule has 0 aliphatic carbocycles. The first-order chi connectivity index (χ1) is 18.2. The zero-order valence-electron chi connectivity index (χ0n) is 23.5. The summed E-state index contributed by atoms with van der Waals surface area (Å²) >= 11 is 0. The Morgan fingerprint density at radius 3 is 2.33 bits per heavy atom. The van der Waals surface area contributed by atoms with Crippen molar-refractivity contribution in [1.29, 1.82) is 5.26 Å². The first kappa shape index (κ1) is 29.8. The number of anilines is 1. The monoisotopic (exact) mass is 536 g/mol. The predicted molar refractivity (Wildman–Crippen MR) is 147 cm³/mol. The molecular weight excluding hydrogens is 499 g/mol. The van der Waals surface area contributed by atoms with Gasteiger partial charge in [-0.1, -0.05) is 48.0 Å². The van der Waals surface area contributed by atoms with Crippen LogP contribution in [-0.2, 0) is 22.4 Å². The molecule has 1 heterocycles. The number of aromatic nitrogens is 2. The summed E-state index contributed by atoms with van der Waals surface area (Å²) in [7, 11) is 0. The van der Waals surface area contributed by atoms with Gasteiger partial charge in [0.1, 0.15) is 6.07 Å². The van der Waals surface area contributed by atoms with Crippen molar-refractivity contribution in [3.05, 3.63) is 65.8 Å². The lowest BCUT2D eigenvalue weighted by atomic mass is 9.95. The highest BCUT2D eigenvalue weighted by atomic mass is 19.1. The lowest BCUT2D eigenvalue weighted by molar-refractivity contribution is 0.0785. The van der Waals surface area contributed by atoms with Crippen molar-refractivity contribution in [1.82, 2.24) is 10.1 Å². The summed E-state index contributed by atoms with van der Waals surface area (Å²) in [5.41, 5.74) is -0.620. The molecule has 0 aliphatic heterocycles. The second-order valence-electron chi connectivity index (χ2n) is 11.1. The molecule has 0 bridgehead atoms. The first-order valence-corrected chi connectivity index (χ1v) is 13.1. The first-order valence-electron chi connectivity index (χ1n) is 13.1. The van der Waals surface area contributed by atoms with Gasteiger partial charge in [-0.2, -0.15) is 10.2 Å². The van der Waals surface area contributed by atoms with Gasteiger partial charge in [0.2, 0.25) is 0 Å². The van der Waals surface area contributed by atoms with Gasteiger partial charge in [-0.05, 0) is 83.2 Å². The van der Waals surface area contributed by atoms with Crippen molar-refractivity contribution in [3.8, 4) is 17.2 Å². The maximum atomic E-state index is 14.0. The maximum Gasteiger partial charge on any atom is 0.415 e. The van der Waals surface area contributed by atoms with Gasteiger partial charge in [0, 0.05) is 18.7 Å². The number of carbonyl (C=O) groups excluding carboxylic acids is 1. The Hall–Kier alpha value is -3.77. The summed E-state index contributed by atoms with van der Waals surface area (Å²) in [4.78, 5) is 18.8. The summed E-state index contributed by atoms with van der Waals surface area (Å²) in [5.74, 6) is 0.409. The van der Waals surface area contributed by atoms with E-state index in [1.807, 2.05) is 54.6 Å². The lowest BCUT2D eigenvalue weighted by Gasteiger charge is -2.26. The zero-order valence-corrected chi connectivity index (χ0v) is 23.5. The highest BCUT2D eigenvalue weighted by Gasteiger charge is 2.28. The van der Waals surface area contributed by atoms with Gasteiger partial charge in [0.15, 0.2) is 17.1 Å². The topological polar surface area (TPSA) is 112 Å². The van der Waals surface area contributed by atoms with Crippen molar-refractivity contribution in [2.75, 3.05) is 11.4 Å². The fraction of sp³-hybridized carbons (Fsp3) is 0.467. The Morgan fingerprint density at radius 2 is 1.74 bits per heavy atom. The molecule has 3 rings (SSSR count). The van der Waals surface area contributed by atoms with E-state index in [1.165, 1.54) is 18.7 Å². The van der Waals surface area contributed by atoms with Gasteiger partial charge >= 0.3 is 6.09 Å². The molecule has 0 saturated carbocycles. The number of aliphatic hydroxyl groups is 1. The number of nitrogens with zero attached hydrogens (tertiary/aromatic N) is 4. The third-order valence-electron chi connectivity index (χ3n) is 6.17. The SMILES string of the molecule is CC(C)(C#N)OC(=O)N(CCCCCc1noc(C(C)(C)F)n1)c1cccc(-c2ccc(C(C)(C)O)cc2)c1. The molecule has 0 saturated heterocycles. The summed E-state index contributed by atoms with van der Waals surface area (Å²) < 4.78 is 24.5. The average molecular weight is 537 g/mol. The number of amides is 1. The summed E-state index contributed by atoms with van der Waals surface area (Å²) in [6, 6.07) is 17.2. The van der Waals surface area contributed by atoms with Crippen LogP contribution in [0.4, 0.5) is 14.9 Å². The minimum absolute atomic E-state index is 0.0406. The minimum Gasteiger partial charge on any atom is -0.428 e. The Morgan fingerprint density at radius 1 is 1.05 bits per heavy atom. The molecule has 0 aliphatic rings. The van der Waals surface area contributed by atoms with Crippen LogP contribution in [-0.4, -0.2) is 33.5 Å². The summed E-state index contributed by atoms with van der Waals surface area (Å²) in [6.07, 6.45) is 2.07. The third kappa shape index (κ3) is 8.36. The van der Waals surface area contributed by atoms with E-state index >= 15 is 0 Å². The van der Waals surface area contributed by atoms with Gasteiger partial charge in [0.25, 0.3) is 5.89 Å². The Balaban J connectivity index is 1.72. The number of halogens is 1. The molecule has 0 radical (unpaired) electrons. The number of alkyl halides is 1. The van der Waals surface area contributed by atoms with Crippen molar-refractivity contribution in [2.24, 2.45) is 0 Å². The van der Waals surface area contributed by atoms with Crippen LogP contribution >= 0.6 is 0 Å². The smallest absolute Gasteiger partial charge is 0.415 e. The Kier molecular flexibility index (Phi) is 9.13. The van der Waals surface area contributed by atoms with E-state index in [4.69, 9.17) is 9.26 Å². The fourth-order valence-corrected chi connectivity index (χ4v) is 3.87.